The van der Waals surface area contributed by atoms with E-state index >= 15 is 0 Å². The van der Waals surface area contributed by atoms with Crippen LogP contribution in [0.15, 0.2) is 24.3 Å². The molecule has 0 bridgehead atoms. The van der Waals surface area contributed by atoms with Gasteiger partial charge in [-0.05, 0) is 61.7 Å². The molecule has 2 aromatic carbocycles. The van der Waals surface area contributed by atoms with E-state index in [1.165, 1.54) is 44.1 Å². The molecule has 0 saturated heterocycles. The molecular weight excluding hydrogens is 232 g/mol. The molecule has 0 aliphatic carbocycles. The highest BCUT2D eigenvalue weighted by atomic mass is 14.9. The van der Waals surface area contributed by atoms with Crippen LogP contribution in [0.5, 0.6) is 0 Å². The normalized spacial score (nSPS) is 15.1. The molecule has 2 N–H and O–H groups in total. The van der Waals surface area contributed by atoms with Crippen molar-refractivity contribution in [2.45, 2.75) is 26.8 Å². The minimum Gasteiger partial charge on any atom is -0.354 e. The number of aromatic nitrogens is 1. The topological polar surface area (TPSA) is 27.8 Å². The Morgan fingerprint density at radius 3 is 2.84 bits per heavy atom. The van der Waals surface area contributed by atoms with Crippen molar-refractivity contribution < 1.29 is 0 Å². The number of fused-ring (bicyclic) bond motifs is 4. The molecule has 3 aromatic rings. The Labute approximate surface area is 112 Å². The molecule has 2 heteroatoms. The van der Waals surface area contributed by atoms with Gasteiger partial charge in [0, 0.05) is 28.4 Å². The molecule has 0 atom stereocenters. The van der Waals surface area contributed by atoms with Gasteiger partial charge in [-0.2, -0.15) is 0 Å². The van der Waals surface area contributed by atoms with E-state index in [-0.39, 0.29) is 0 Å². The Morgan fingerprint density at radius 1 is 1.05 bits per heavy atom. The fraction of sp³-hybridized carbons (Fsp3) is 0.294. The van der Waals surface area contributed by atoms with Gasteiger partial charge in [0.1, 0.15) is 0 Å². The second-order valence-electron chi connectivity index (χ2n) is 5.66. The van der Waals surface area contributed by atoms with Crippen LogP contribution >= 0.6 is 0 Å². The third kappa shape index (κ3) is 1.53. The first-order chi connectivity index (χ1) is 9.24. The number of hydrogen-bond acceptors (Lipinski definition) is 1. The summed E-state index contributed by atoms with van der Waals surface area (Å²) in [5, 5.41) is 6.20. The maximum atomic E-state index is 3.60. The van der Waals surface area contributed by atoms with E-state index in [0.717, 1.165) is 19.5 Å². The number of aryl methyl sites for hydroxylation is 2. The van der Waals surface area contributed by atoms with E-state index in [2.05, 4.69) is 48.4 Å². The second-order valence-corrected chi connectivity index (χ2v) is 5.66. The number of nitrogens with one attached hydrogen (secondary N) is 2. The molecule has 4 rings (SSSR count). The first kappa shape index (κ1) is 11.1. The van der Waals surface area contributed by atoms with Gasteiger partial charge in [-0.15, -0.1) is 0 Å². The molecule has 0 spiro atoms. The minimum atomic E-state index is 1.00. The minimum absolute atomic E-state index is 1.00. The Hall–Kier alpha value is -1.80. The molecule has 19 heavy (non-hydrogen) atoms. The van der Waals surface area contributed by atoms with Gasteiger partial charge in [-0.3, -0.25) is 0 Å². The van der Waals surface area contributed by atoms with Crippen molar-refractivity contribution in [3.8, 4) is 0 Å². The molecule has 2 nitrogen and oxygen atoms in total. The van der Waals surface area contributed by atoms with Gasteiger partial charge < -0.3 is 10.3 Å². The SMILES string of the molecule is Cc1ccc2[nH]c3c(C)c4c(cc3c2c1)CNCC4. The summed E-state index contributed by atoms with van der Waals surface area (Å²) in [6.07, 6.45) is 1.14. The first-order valence-electron chi connectivity index (χ1n) is 6.98. The molecule has 1 aliphatic heterocycles. The number of aromatic amines is 1. The van der Waals surface area contributed by atoms with E-state index in [0.29, 0.717) is 0 Å². The van der Waals surface area contributed by atoms with Crippen LogP contribution in [0, 0.1) is 13.8 Å². The van der Waals surface area contributed by atoms with E-state index in [1.807, 2.05) is 0 Å². The molecule has 2 heterocycles. The van der Waals surface area contributed by atoms with E-state index in [9.17, 15) is 0 Å². The third-order valence-corrected chi connectivity index (χ3v) is 4.40. The zero-order chi connectivity index (χ0) is 13.0. The fourth-order valence-corrected chi connectivity index (χ4v) is 3.37. The summed E-state index contributed by atoms with van der Waals surface area (Å²) < 4.78 is 0. The van der Waals surface area contributed by atoms with Crippen molar-refractivity contribution in [3.63, 3.8) is 0 Å². The zero-order valence-corrected chi connectivity index (χ0v) is 11.4. The predicted octanol–water partition coefficient (Wildman–Crippen LogP) is 3.58. The highest BCUT2D eigenvalue weighted by Crippen LogP contribution is 2.33. The van der Waals surface area contributed by atoms with Gasteiger partial charge in [0.25, 0.3) is 0 Å². The average Bonchev–Trinajstić information content (AvgIpc) is 2.78. The lowest BCUT2D eigenvalue weighted by Gasteiger charge is -2.19. The summed E-state index contributed by atoms with van der Waals surface area (Å²) in [6, 6.07) is 9.04. The summed E-state index contributed by atoms with van der Waals surface area (Å²) >= 11 is 0. The Balaban J connectivity index is 2.16. The lowest BCUT2D eigenvalue weighted by molar-refractivity contribution is 0.642. The van der Waals surface area contributed by atoms with E-state index < -0.39 is 0 Å². The van der Waals surface area contributed by atoms with Gasteiger partial charge in [0.05, 0.1) is 0 Å². The fourth-order valence-electron chi connectivity index (χ4n) is 3.37. The van der Waals surface area contributed by atoms with Crippen LogP contribution in [0.1, 0.15) is 22.3 Å². The first-order valence-corrected chi connectivity index (χ1v) is 6.98. The molecule has 0 unspecified atom stereocenters. The van der Waals surface area contributed by atoms with Crippen molar-refractivity contribution in [1.82, 2.24) is 10.3 Å². The van der Waals surface area contributed by atoms with Crippen molar-refractivity contribution >= 4 is 21.8 Å². The standard InChI is InChI=1S/C17H18N2/c1-10-3-4-16-14(7-10)15-8-12-9-18-6-5-13(12)11(2)17(15)19-16/h3-4,7-8,18-19H,5-6,9H2,1-2H3. The quantitative estimate of drug-likeness (QED) is 0.627. The molecule has 0 saturated carbocycles. The van der Waals surface area contributed by atoms with Crippen molar-refractivity contribution in [1.29, 1.82) is 0 Å². The maximum Gasteiger partial charge on any atom is 0.0497 e. The molecule has 1 aromatic heterocycles. The average molecular weight is 250 g/mol. The summed E-state index contributed by atoms with van der Waals surface area (Å²) in [6.45, 7) is 6.52. The van der Waals surface area contributed by atoms with Crippen LogP contribution < -0.4 is 5.32 Å². The lowest BCUT2D eigenvalue weighted by Crippen LogP contribution is -2.24. The van der Waals surface area contributed by atoms with Crippen molar-refractivity contribution in [3.05, 3.63) is 46.5 Å². The summed E-state index contributed by atoms with van der Waals surface area (Å²) in [5.74, 6) is 0. The molecular formula is C17H18N2. The van der Waals surface area contributed by atoms with Crippen LogP contribution in [0.3, 0.4) is 0 Å². The smallest absolute Gasteiger partial charge is 0.0497 e. The van der Waals surface area contributed by atoms with E-state index in [1.54, 1.807) is 0 Å². The monoisotopic (exact) mass is 250 g/mol. The summed E-state index contributed by atoms with van der Waals surface area (Å²) in [4.78, 5) is 3.60. The predicted molar refractivity (Wildman–Crippen MR) is 80.7 cm³/mol. The molecule has 0 amide bonds. The van der Waals surface area contributed by atoms with E-state index in [4.69, 9.17) is 0 Å². The van der Waals surface area contributed by atoms with Gasteiger partial charge in [-0.1, -0.05) is 11.6 Å². The highest BCUT2D eigenvalue weighted by Gasteiger charge is 2.16. The van der Waals surface area contributed by atoms with Gasteiger partial charge >= 0.3 is 0 Å². The number of hydrogen-bond donors (Lipinski definition) is 2. The van der Waals surface area contributed by atoms with Crippen LogP contribution in [-0.4, -0.2) is 11.5 Å². The second kappa shape index (κ2) is 3.84. The maximum absolute atomic E-state index is 3.60. The number of benzene rings is 2. The van der Waals surface area contributed by atoms with Gasteiger partial charge in [0.2, 0.25) is 0 Å². The Morgan fingerprint density at radius 2 is 1.95 bits per heavy atom. The third-order valence-electron chi connectivity index (χ3n) is 4.40. The van der Waals surface area contributed by atoms with Gasteiger partial charge in [0.15, 0.2) is 0 Å². The van der Waals surface area contributed by atoms with Crippen LogP contribution in [-0.2, 0) is 13.0 Å². The van der Waals surface area contributed by atoms with Crippen molar-refractivity contribution in [2.75, 3.05) is 6.54 Å². The van der Waals surface area contributed by atoms with Crippen LogP contribution in [0.4, 0.5) is 0 Å². The molecule has 1 aliphatic rings. The number of rotatable bonds is 0. The van der Waals surface area contributed by atoms with Crippen LogP contribution in [0.2, 0.25) is 0 Å². The summed E-state index contributed by atoms with van der Waals surface area (Å²) in [7, 11) is 0. The molecule has 0 fully saturated rings. The number of H-pyrrole nitrogens is 1. The zero-order valence-electron chi connectivity index (χ0n) is 11.4. The highest BCUT2D eigenvalue weighted by molar-refractivity contribution is 6.09. The molecule has 0 radical (unpaired) electrons. The molecule has 96 valence electrons. The Bertz CT molecular complexity index is 796. The summed E-state index contributed by atoms with van der Waals surface area (Å²) in [5.41, 5.74) is 8.33. The van der Waals surface area contributed by atoms with Gasteiger partial charge in [-0.25, -0.2) is 0 Å². The van der Waals surface area contributed by atoms with Crippen molar-refractivity contribution in [2.24, 2.45) is 0 Å². The Kier molecular flexibility index (Phi) is 2.24. The largest absolute Gasteiger partial charge is 0.354 e. The van der Waals surface area contributed by atoms with Crippen LogP contribution in [0.25, 0.3) is 21.8 Å². The lowest BCUT2D eigenvalue weighted by atomic mass is 9.93.